The van der Waals surface area contributed by atoms with E-state index in [0.717, 1.165) is 31.2 Å². The molecule has 2 atom stereocenters. The molecule has 2 bridgehead atoms. The van der Waals surface area contributed by atoms with Crippen LogP contribution >= 0.6 is 0 Å². The number of nitrogens with one attached hydrogen (secondary N) is 1. The number of alkyl carbamates (subject to hydrolysis) is 1. The van der Waals surface area contributed by atoms with Gasteiger partial charge in [-0.05, 0) is 52.0 Å². The van der Waals surface area contributed by atoms with Gasteiger partial charge < -0.3 is 19.4 Å². The first-order valence-corrected chi connectivity index (χ1v) is 11.8. The van der Waals surface area contributed by atoms with Crippen LogP contribution in [0.2, 0.25) is 0 Å². The molecule has 3 fully saturated rings. The Morgan fingerprint density at radius 2 is 1.97 bits per heavy atom. The first kappa shape index (κ1) is 22.6. The fourth-order valence-corrected chi connectivity index (χ4v) is 4.53. The third kappa shape index (κ3) is 4.59. The Balaban J connectivity index is 1.21. The lowest BCUT2D eigenvalue weighted by Crippen LogP contribution is -2.37. The second-order valence-electron chi connectivity index (χ2n) is 10.3. The van der Waals surface area contributed by atoms with Gasteiger partial charge in [0.1, 0.15) is 18.2 Å². The van der Waals surface area contributed by atoms with Crippen LogP contribution in [0, 0.1) is 0 Å². The van der Waals surface area contributed by atoms with Crippen molar-refractivity contribution in [3.05, 3.63) is 47.7 Å². The van der Waals surface area contributed by atoms with E-state index in [2.05, 4.69) is 15.5 Å². The molecule has 2 aliphatic heterocycles. The second-order valence-corrected chi connectivity index (χ2v) is 10.3. The minimum atomic E-state index is -0.557. The minimum Gasteiger partial charge on any atom is -0.444 e. The summed E-state index contributed by atoms with van der Waals surface area (Å²) in [7, 11) is 0. The maximum absolute atomic E-state index is 13.1. The standard InChI is InChI=1S/C24H31N5O5/c1-23(2,3)34-21(30)25-15-24(11-12-24)20-27-26-19(33-20)18-10-9-17-13-28(18)22(31)29(17)32-14-16-7-5-4-6-8-16/h4-8,17-18H,9-15H2,1-3H3,(H,25,30)/t17-,18+/m1/s1. The number of ether oxygens (including phenoxy) is 1. The summed E-state index contributed by atoms with van der Waals surface area (Å²) in [6, 6.07) is 9.37. The molecule has 1 N–H and O–H groups in total. The van der Waals surface area contributed by atoms with E-state index < -0.39 is 11.7 Å². The number of amides is 3. The summed E-state index contributed by atoms with van der Waals surface area (Å²) in [4.78, 5) is 32.8. The lowest BCUT2D eigenvalue weighted by atomic mass is 10.0. The molecule has 0 unspecified atom stereocenters. The van der Waals surface area contributed by atoms with Crippen molar-refractivity contribution >= 4 is 12.1 Å². The van der Waals surface area contributed by atoms with Crippen molar-refractivity contribution in [1.82, 2.24) is 25.5 Å². The van der Waals surface area contributed by atoms with Crippen LogP contribution < -0.4 is 5.32 Å². The van der Waals surface area contributed by atoms with Gasteiger partial charge >= 0.3 is 12.1 Å². The number of carbonyl (C=O) groups excluding carboxylic acids is 2. The van der Waals surface area contributed by atoms with Crippen LogP contribution in [0.4, 0.5) is 9.59 Å². The quantitative estimate of drug-likeness (QED) is 0.658. The normalized spacial score (nSPS) is 23.2. The van der Waals surface area contributed by atoms with Gasteiger partial charge in [0, 0.05) is 13.1 Å². The third-order valence-electron chi connectivity index (χ3n) is 6.54. The highest BCUT2D eigenvalue weighted by Crippen LogP contribution is 2.48. The van der Waals surface area contributed by atoms with Crippen molar-refractivity contribution in [3.8, 4) is 0 Å². The maximum atomic E-state index is 13.1. The van der Waals surface area contributed by atoms with Gasteiger partial charge in [0.05, 0.1) is 11.5 Å². The van der Waals surface area contributed by atoms with E-state index in [-0.39, 0.29) is 23.5 Å². The summed E-state index contributed by atoms with van der Waals surface area (Å²) in [6.07, 6.45) is 2.76. The van der Waals surface area contributed by atoms with Crippen molar-refractivity contribution in [2.24, 2.45) is 0 Å². The van der Waals surface area contributed by atoms with Gasteiger partial charge in [-0.25, -0.2) is 9.59 Å². The molecule has 1 aromatic heterocycles. The van der Waals surface area contributed by atoms with Crippen LogP contribution in [0.3, 0.4) is 0 Å². The Kier molecular flexibility index (Phi) is 5.71. The Bertz CT molecular complexity index is 1050. The highest BCUT2D eigenvalue weighted by Gasteiger charge is 2.51. The molecule has 3 amide bonds. The van der Waals surface area contributed by atoms with E-state index >= 15 is 0 Å². The molecule has 2 saturated heterocycles. The highest BCUT2D eigenvalue weighted by molar-refractivity contribution is 5.77. The number of piperidine rings is 1. The smallest absolute Gasteiger partial charge is 0.407 e. The molecular formula is C24H31N5O5. The highest BCUT2D eigenvalue weighted by atomic mass is 16.7. The summed E-state index contributed by atoms with van der Waals surface area (Å²) >= 11 is 0. The maximum Gasteiger partial charge on any atom is 0.407 e. The molecule has 0 radical (unpaired) electrons. The lowest BCUT2D eigenvalue weighted by molar-refractivity contribution is -0.140. The van der Waals surface area contributed by atoms with E-state index in [9.17, 15) is 9.59 Å². The number of nitrogens with zero attached hydrogens (tertiary/aromatic N) is 4. The molecule has 1 aromatic carbocycles. The van der Waals surface area contributed by atoms with Gasteiger partial charge in [-0.15, -0.1) is 10.2 Å². The van der Waals surface area contributed by atoms with Crippen molar-refractivity contribution in [2.45, 2.75) is 76.2 Å². The predicted octanol–water partition coefficient (Wildman–Crippen LogP) is 3.70. The fourth-order valence-electron chi connectivity index (χ4n) is 4.53. The number of rotatable bonds is 7. The Labute approximate surface area is 198 Å². The summed E-state index contributed by atoms with van der Waals surface area (Å²) in [5, 5.41) is 12.9. The molecule has 34 heavy (non-hydrogen) atoms. The molecule has 1 saturated carbocycles. The molecule has 5 rings (SSSR count). The zero-order chi connectivity index (χ0) is 23.9. The molecule has 182 valence electrons. The van der Waals surface area contributed by atoms with E-state index in [1.807, 2.05) is 51.1 Å². The molecule has 0 spiro atoms. The van der Waals surface area contributed by atoms with Gasteiger partial charge in [-0.2, -0.15) is 5.06 Å². The van der Waals surface area contributed by atoms with Crippen molar-refractivity contribution < 1.29 is 23.6 Å². The first-order chi connectivity index (χ1) is 16.2. The molecule has 10 heteroatoms. The Morgan fingerprint density at radius 3 is 2.68 bits per heavy atom. The van der Waals surface area contributed by atoms with Gasteiger partial charge in [-0.3, -0.25) is 4.84 Å². The van der Waals surface area contributed by atoms with Crippen LogP contribution in [0.5, 0.6) is 0 Å². The minimum absolute atomic E-state index is 0.0163. The number of fused-ring (bicyclic) bond motifs is 2. The summed E-state index contributed by atoms with van der Waals surface area (Å²) < 4.78 is 11.4. The molecule has 1 aliphatic carbocycles. The van der Waals surface area contributed by atoms with Gasteiger partial charge in [0.15, 0.2) is 0 Å². The second kappa shape index (κ2) is 8.57. The van der Waals surface area contributed by atoms with Crippen LogP contribution in [-0.4, -0.2) is 57.0 Å². The molecule has 3 heterocycles. The third-order valence-corrected chi connectivity index (χ3v) is 6.54. The average molecular weight is 470 g/mol. The zero-order valence-corrected chi connectivity index (χ0v) is 19.8. The largest absolute Gasteiger partial charge is 0.444 e. The van der Waals surface area contributed by atoms with Crippen LogP contribution in [-0.2, 0) is 21.6 Å². The van der Waals surface area contributed by atoms with E-state index in [4.69, 9.17) is 14.0 Å². The number of hydrogen-bond acceptors (Lipinski definition) is 7. The van der Waals surface area contributed by atoms with Crippen LogP contribution in [0.25, 0.3) is 0 Å². The van der Waals surface area contributed by atoms with Crippen molar-refractivity contribution in [1.29, 1.82) is 0 Å². The monoisotopic (exact) mass is 469 g/mol. The number of benzene rings is 1. The summed E-state index contributed by atoms with van der Waals surface area (Å²) in [5.74, 6) is 0.944. The van der Waals surface area contributed by atoms with Gasteiger partial charge in [0.2, 0.25) is 11.8 Å². The first-order valence-electron chi connectivity index (χ1n) is 11.8. The molecule has 3 aliphatic rings. The molecule has 2 aromatic rings. The van der Waals surface area contributed by atoms with Crippen LogP contribution in [0.1, 0.15) is 69.8 Å². The summed E-state index contributed by atoms with van der Waals surface area (Å²) in [5.41, 5.74) is 0.0943. The van der Waals surface area contributed by atoms with Crippen LogP contribution in [0.15, 0.2) is 34.7 Å². The number of hydrogen-bond donors (Lipinski definition) is 1. The molecule has 10 nitrogen and oxygen atoms in total. The predicted molar refractivity (Wildman–Crippen MR) is 120 cm³/mol. The zero-order valence-electron chi connectivity index (χ0n) is 19.8. The topological polar surface area (TPSA) is 110 Å². The number of urea groups is 1. The van der Waals surface area contributed by atoms with E-state index in [1.54, 1.807) is 4.90 Å². The number of aromatic nitrogens is 2. The summed E-state index contributed by atoms with van der Waals surface area (Å²) in [6.45, 7) is 6.77. The number of carbonyl (C=O) groups is 2. The Morgan fingerprint density at radius 1 is 1.21 bits per heavy atom. The Hall–Kier alpha value is -3.14. The van der Waals surface area contributed by atoms with Crippen molar-refractivity contribution in [3.63, 3.8) is 0 Å². The average Bonchev–Trinajstić information content (AvgIpc) is 3.36. The fraction of sp³-hybridized carbons (Fsp3) is 0.583. The molecular weight excluding hydrogens is 438 g/mol. The van der Waals surface area contributed by atoms with Gasteiger partial charge in [0.25, 0.3) is 0 Å². The van der Waals surface area contributed by atoms with E-state index in [1.165, 1.54) is 5.06 Å². The van der Waals surface area contributed by atoms with Crippen molar-refractivity contribution in [2.75, 3.05) is 13.1 Å². The SMILES string of the molecule is CC(C)(C)OC(=O)NCC1(c2nnc([C@@H]3CC[C@@H]4CN3C(=O)N4OCc3ccccc3)o2)CC1. The van der Waals surface area contributed by atoms with E-state index in [0.29, 0.717) is 31.5 Å². The number of hydroxylamine groups is 2. The lowest BCUT2D eigenvalue weighted by Gasteiger charge is -2.27. The van der Waals surface area contributed by atoms with Gasteiger partial charge in [-0.1, -0.05) is 30.3 Å².